The van der Waals surface area contributed by atoms with Crippen LogP contribution >= 0.6 is 15.9 Å². The van der Waals surface area contributed by atoms with Crippen molar-refractivity contribution in [3.8, 4) is 0 Å². The molecule has 0 saturated carbocycles. The van der Waals surface area contributed by atoms with Gasteiger partial charge in [-0.15, -0.1) is 0 Å². The minimum absolute atomic E-state index is 0.102. The predicted molar refractivity (Wildman–Crippen MR) is 28.7 cm³/mol. The first-order chi connectivity index (χ1) is 2.64. The lowest BCUT2D eigenvalue weighted by Gasteiger charge is -1.99. The molecule has 0 nitrogen and oxygen atoms in total. The summed E-state index contributed by atoms with van der Waals surface area (Å²) in [4.78, 5) is 0. The molecule has 0 rings (SSSR count). The van der Waals surface area contributed by atoms with E-state index in [-0.39, 0.29) is 5.92 Å². The van der Waals surface area contributed by atoms with Crippen LogP contribution in [0.25, 0.3) is 0 Å². The van der Waals surface area contributed by atoms with Gasteiger partial charge in [0.2, 0.25) is 0 Å². The van der Waals surface area contributed by atoms with Crippen molar-refractivity contribution in [2.45, 2.75) is 18.9 Å². The summed E-state index contributed by atoms with van der Waals surface area (Å²) in [6, 6.07) is 0. The molecule has 0 aliphatic carbocycles. The molecule has 0 N–H and O–H groups in total. The van der Waals surface area contributed by atoms with Gasteiger partial charge in [0.25, 0.3) is 0 Å². The Balaban J connectivity index is 2.99. The standard InChI is InChI=1S/C4H8BrF/c1-3(2)4(5)6/h3-4H,1-2H3. The largest absolute Gasteiger partial charge is 0.235 e. The van der Waals surface area contributed by atoms with Crippen molar-refractivity contribution in [1.82, 2.24) is 0 Å². The van der Waals surface area contributed by atoms with E-state index in [1.54, 1.807) is 0 Å². The molecule has 0 aromatic heterocycles. The van der Waals surface area contributed by atoms with Crippen LogP contribution in [0.15, 0.2) is 0 Å². The zero-order valence-electron chi connectivity index (χ0n) is 3.91. The van der Waals surface area contributed by atoms with Gasteiger partial charge < -0.3 is 0 Å². The van der Waals surface area contributed by atoms with E-state index in [2.05, 4.69) is 15.9 Å². The number of alkyl halides is 2. The van der Waals surface area contributed by atoms with Crippen LogP contribution in [0.1, 0.15) is 13.8 Å². The lowest BCUT2D eigenvalue weighted by Crippen LogP contribution is -1.96. The Kier molecular flexibility index (Phi) is 2.74. The summed E-state index contributed by atoms with van der Waals surface area (Å²) in [5.41, 5.74) is 0. The van der Waals surface area contributed by atoms with E-state index in [0.717, 1.165) is 0 Å². The van der Waals surface area contributed by atoms with Gasteiger partial charge in [0.1, 0.15) is 0 Å². The van der Waals surface area contributed by atoms with E-state index in [4.69, 9.17) is 0 Å². The summed E-state index contributed by atoms with van der Waals surface area (Å²) in [5, 5.41) is -0.836. The normalized spacial score (nSPS) is 15.5. The summed E-state index contributed by atoms with van der Waals surface area (Å²) >= 11 is 2.77. The van der Waals surface area contributed by atoms with Crippen molar-refractivity contribution < 1.29 is 4.39 Å². The summed E-state index contributed by atoms with van der Waals surface area (Å²) in [5.74, 6) is 0.102. The molecule has 2 heteroatoms. The van der Waals surface area contributed by atoms with Crippen molar-refractivity contribution in [1.29, 1.82) is 0 Å². The summed E-state index contributed by atoms with van der Waals surface area (Å²) in [7, 11) is 0. The third kappa shape index (κ3) is 2.64. The highest BCUT2D eigenvalue weighted by atomic mass is 79.9. The second-order valence-electron chi connectivity index (χ2n) is 1.58. The first-order valence-electron chi connectivity index (χ1n) is 1.92. The summed E-state index contributed by atoms with van der Waals surface area (Å²) in [6.45, 7) is 3.64. The molecule has 0 aliphatic rings. The average molecular weight is 155 g/mol. The van der Waals surface area contributed by atoms with Crippen molar-refractivity contribution >= 4 is 15.9 Å². The fraction of sp³-hybridized carbons (Fsp3) is 1.00. The van der Waals surface area contributed by atoms with Crippen LogP contribution in [0, 0.1) is 5.92 Å². The molecule has 0 aromatic rings. The SMILES string of the molecule is CC(C)C(F)Br. The monoisotopic (exact) mass is 154 g/mol. The summed E-state index contributed by atoms with van der Waals surface area (Å²) in [6.07, 6.45) is 0. The maximum Gasteiger partial charge on any atom is 0.157 e. The van der Waals surface area contributed by atoms with Crippen LogP contribution < -0.4 is 0 Å². The van der Waals surface area contributed by atoms with E-state index >= 15 is 0 Å². The molecule has 1 unspecified atom stereocenters. The van der Waals surface area contributed by atoms with Gasteiger partial charge in [0.15, 0.2) is 5.08 Å². The Morgan fingerprint density at radius 2 is 1.67 bits per heavy atom. The minimum atomic E-state index is -0.836. The highest BCUT2D eigenvalue weighted by Crippen LogP contribution is 2.11. The smallest absolute Gasteiger partial charge is 0.157 e. The van der Waals surface area contributed by atoms with Gasteiger partial charge in [-0.05, 0) is 5.92 Å². The number of hydrogen-bond donors (Lipinski definition) is 0. The molecule has 6 heavy (non-hydrogen) atoms. The van der Waals surface area contributed by atoms with Crippen molar-refractivity contribution in [2.75, 3.05) is 0 Å². The predicted octanol–water partition coefficient (Wildman–Crippen LogP) is 2.33. The zero-order valence-corrected chi connectivity index (χ0v) is 5.50. The molecule has 38 valence electrons. The van der Waals surface area contributed by atoms with Crippen molar-refractivity contribution in [2.24, 2.45) is 5.92 Å². The number of halogens is 2. The Hall–Kier alpha value is 0.410. The van der Waals surface area contributed by atoms with E-state index in [9.17, 15) is 4.39 Å². The zero-order chi connectivity index (χ0) is 5.15. The highest BCUT2D eigenvalue weighted by molar-refractivity contribution is 9.09. The van der Waals surface area contributed by atoms with Gasteiger partial charge >= 0.3 is 0 Å². The maximum absolute atomic E-state index is 11.7. The first-order valence-corrected chi connectivity index (χ1v) is 2.84. The summed E-state index contributed by atoms with van der Waals surface area (Å²) < 4.78 is 11.7. The third-order valence-corrected chi connectivity index (χ3v) is 1.56. The molecule has 0 fully saturated rings. The molecule has 0 bridgehead atoms. The van der Waals surface area contributed by atoms with Crippen LogP contribution in [-0.4, -0.2) is 5.08 Å². The fourth-order valence-corrected chi connectivity index (χ4v) is 0. The second-order valence-corrected chi connectivity index (χ2v) is 2.45. The molecule has 0 aromatic carbocycles. The molecule has 0 radical (unpaired) electrons. The lowest BCUT2D eigenvalue weighted by atomic mass is 10.3. The Morgan fingerprint density at radius 1 is 1.50 bits per heavy atom. The molecule has 0 heterocycles. The Bertz CT molecular complexity index is 28.5. The quantitative estimate of drug-likeness (QED) is 0.509. The molecular formula is C4H8BrF. The number of rotatable bonds is 1. The van der Waals surface area contributed by atoms with Crippen LogP contribution in [0.3, 0.4) is 0 Å². The fourth-order valence-electron chi connectivity index (χ4n) is 0. The van der Waals surface area contributed by atoms with Gasteiger partial charge in [0.05, 0.1) is 0 Å². The van der Waals surface area contributed by atoms with Gasteiger partial charge in [-0.1, -0.05) is 29.8 Å². The first kappa shape index (κ1) is 6.41. The van der Waals surface area contributed by atoms with Gasteiger partial charge in [-0.25, -0.2) is 4.39 Å². The Morgan fingerprint density at radius 3 is 1.67 bits per heavy atom. The maximum atomic E-state index is 11.7. The molecular weight excluding hydrogens is 147 g/mol. The van der Waals surface area contributed by atoms with Gasteiger partial charge in [-0.2, -0.15) is 0 Å². The Labute approximate surface area is 45.9 Å². The van der Waals surface area contributed by atoms with Crippen molar-refractivity contribution in [3.63, 3.8) is 0 Å². The molecule has 0 amide bonds. The van der Waals surface area contributed by atoms with Crippen LogP contribution in [0.5, 0.6) is 0 Å². The highest BCUT2D eigenvalue weighted by Gasteiger charge is 2.02. The molecule has 0 spiro atoms. The molecule has 0 saturated heterocycles. The van der Waals surface area contributed by atoms with Crippen molar-refractivity contribution in [3.05, 3.63) is 0 Å². The lowest BCUT2D eigenvalue weighted by molar-refractivity contribution is 0.371. The van der Waals surface area contributed by atoms with Crippen LogP contribution in [-0.2, 0) is 0 Å². The van der Waals surface area contributed by atoms with Crippen LogP contribution in [0.4, 0.5) is 4.39 Å². The molecule has 1 atom stereocenters. The minimum Gasteiger partial charge on any atom is -0.235 e. The van der Waals surface area contributed by atoms with Crippen LogP contribution in [0.2, 0.25) is 0 Å². The second kappa shape index (κ2) is 2.56. The average Bonchev–Trinajstić information content (AvgIpc) is 1.36. The molecule has 0 aliphatic heterocycles. The van der Waals surface area contributed by atoms with Gasteiger partial charge in [0, 0.05) is 0 Å². The van der Waals surface area contributed by atoms with E-state index in [1.165, 1.54) is 0 Å². The third-order valence-electron chi connectivity index (χ3n) is 0.504. The topological polar surface area (TPSA) is 0 Å². The van der Waals surface area contributed by atoms with E-state index in [0.29, 0.717) is 0 Å². The number of hydrogen-bond acceptors (Lipinski definition) is 0. The van der Waals surface area contributed by atoms with E-state index in [1.807, 2.05) is 13.8 Å². The van der Waals surface area contributed by atoms with Gasteiger partial charge in [-0.3, -0.25) is 0 Å². The van der Waals surface area contributed by atoms with E-state index < -0.39 is 5.08 Å².